The highest BCUT2D eigenvalue weighted by Crippen LogP contribution is 1.90. The quantitative estimate of drug-likeness (QED) is 0.528. The highest BCUT2D eigenvalue weighted by Gasteiger charge is 2.08. The molecular formula is C9H27N3Si2. The third-order valence-electron chi connectivity index (χ3n) is 2.67. The predicted molar refractivity (Wildman–Crippen MR) is 70.7 cm³/mol. The van der Waals surface area contributed by atoms with E-state index < -0.39 is 0 Å². The molecule has 0 saturated carbocycles. The Hall–Kier alpha value is 0.314. The van der Waals surface area contributed by atoms with E-state index >= 15 is 0 Å². The molecule has 0 spiro atoms. The van der Waals surface area contributed by atoms with Crippen molar-refractivity contribution < 1.29 is 0 Å². The first-order chi connectivity index (χ1) is 6.67. The molecule has 0 aliphatic carbocycles. The Labute approximate surface area is 94.4 Å². The van der Waals surface area contributed by atoms with E-state index in [0.29, 0.717) is 0 Å². The largest absolute Gasteiger partial charge is 0.334 e. The average molecular weight is 234 g/mol. The van der Waals surface area contributed by atoms with Gasteiger partial charge in [0.2, 0.25) is 0 Å². The second kappa shape index (κ2) is 8.61. The Kier molecular flexibility index (Phi) is 8.80. The van der Waals surface area contributed by atoms with Crippen molar-refractivity contribution in [1.82, 2.24) is 13.4 Å². The minimum absolute atomic E-state index is 0.125. The molecule has 0 atom stereocenters. The van der Waals surface area contributed by atoms with Crippen LogP contribution in [0.25, 0.3) is 0 Å². The van der Waals surface area contributed by atoms with Crippen LogP contribution in [0.1, 0.15) is 27.7 Å². The monoisotopic (exact) mass is 233 g/mol. The summed E-state index contributed by atoms with van der Waals surface area (Å²) in [5, 5.41) is 0. The minimum atomic E-state index is -0.125. The van der Waals surface area contributed by atoms with Gasteiger partial charge in [-0.3, -0.25) is 0 Å². The maximum absolute atomic E-state index is 2.65. The molecule has 0 heterocycles. The first-order valence-electron chi connectivity index (χ1n) is 5.81. The van der Waals surface area contributed by atoms with Gasteiger partial charge in [-0.25, -0.2) is 0 Å². The van der Waals surface area contributed by atoms with E-state index in [-0.39, 0.29) is 19.7 Å². The zero-order chi connectivity index (χ0) is 11.0. The van der Waals surface area contributed by atoms with Crippen molar-refractivity contribution in [1.29, 1.82) is 0 Å². The summed E-state index contributed by atoms with van der Waals surface area (Å²) in [4.78, 5) is 0. The number of nitrogens with zero attached hydrogens (tertiary/aromatic N) is 3. The Morgan fingerprint density at radius 1 is 0.714 bits per heavy atom. The number of rotatable bonds is 8. The maximum Gasteiger partial charge on any atom is 0.166 e. The summed E-state index contributed by atoms with van der Waals surface area (Å²) >= 11 is 0. The van der Waals surface area contributed by atoms with Crippen molar-refractivity contribution in [3.05, 3.63) is 0 Å². The van der Waals surface area contributed by atoms with Crippen molar-refractivity contribution in [2.75, 3.05) is 33.2 Å². The van der Waals surface area contributed by atoms with Gasteiger partial charge in [0.1, 0.15) is 0 Å². The summed E-state index contributed by atoms with van der Waals surface area (Å²) in [6, 6.07) is 0. The van der Waals surface area contributed by atoms with Crippen LogP contribution in [0.3, 0.4) is 0 Å². The molecule has 3 nitrogen and oxygen atoms in total. The van der Waals surface area contributed by atoms with Crippen LogP contribution in [0, 0.1) is 0 Å². The summed E-state index contributed by atoms with van der Waals surface area (Å²) in [6.07, 6.45) is 0. The van der Waals surface area contributed by atoms with Gasteiger partial charge in [0.05, 0.1) is 0 Å². The molecule has 0 aliphatic heterocycles. The molecule has 5 heteroatoms. The molecule has 0 unspecified atom stereocenters. The van der Waals surface area contributed by atoms with Gasteiger partial charge < -0.3 is 13.4 Å². The lowest BCUT2D eigenvalue weighted by Gasteiger charge is -2.29. The molecule has 0 saturated heterocycles. The van der Waals surface area contributed by atoms with Gasteiger partial charge in [-0.15, -0.1) is 0 Å². The second-order valence-electron chi connectivity index (χ2n) is 3.75. The van der Waals surface area contributed by atoms with E-state index in [0.717, 1.165) is 0 Å². The molecular weight excluding hydrogens is 206 g/mol. The van der Waals surface area contributed by atoms with Crippen molar-refractivity contribution in [3.8, 4) is 0 Å². The molecule has 14 heavy (non-hydrogen) atoms. The van der Waals surface area contributed by atoms with Gasteiger partial charge in [-0.2, -0.15) is 0 Å². The van der Waals surface area contributed by atoms with Crippen LogP contribution in [0.5, 0.6) is 0 Å². The van der Waals surface area contributed by atoms with E-state index in [9.17, 15) is 0 Å². The van der Waals surface area contributed by atoms with E-state index in [1.807, 2.05) is 0 Å². The van der Waals surface area contributed by atoms with E-state index in [1.165, 1.54) is 26.2 Å². The van der Waals surface area contributed by atoms with Crippen LogP contribution in [0.2, 0.25) is 0 Å². The fraction of sp³-hybridized carbons (Fsp3) is 1.00. The summed E-state index contributed by atoms with van der Waals surface area (Å²) in [6.45, 7) is 14.0. The average Bonchev–Trinajstić information content (AvgIpc) is 2.22. The third kappa shape index (κ3) is 5.92. The Morgan fingerprint density at radius 3 is 1.21 bits per heavy atom. The van der Waals surface area contributed by atoms with Gasteiger partial charge in [-0.1, -0.05) is 27.7 Å². The molecule has 0 aliphatic rings. The lowest BCUT2D eigenvalue weighted by atomic mass is 10.7. The van der Waals surface area contributed by atoms with Gasteiger partial charge in [0.25, 0.3) is 0 Å². The maximum atomic E-state index is 2.65. The van der Waals surface area contributed by atoms with Gasteiger partial charge in [0, 0.05) is 0 Å². The third-order valence-corrected chi connectivity index (χ3v) is 7.43. The molecule has 0 aromatic heterocycles. The predicted octanol–water partition coefficient (Wildman–Crippen LogP) is -0.401. The molecule has 86 valence electrons. The summed E-state index contributed by atoms with van der Waals surface area (Å²) in [7, 11) is 2.06. The molecule has 0 aromatic carbocycles. The van der Waals surface area contributed by atoms with Gasteiger partial charge >= 0.3 is 0 Å². The molecule has 0 N–H and O–H groups in total. The summed E-state index contributed by atoms with van der Waals surface area (Å²) in [5.41, 5.74) is 0. The number of hydrogen-bond acceptors (Lipinski definition) is 3. The molecule has 0 aromatic rings. The van der Waals surface area contributed by atoms with Gasteiger partial charge in [-0.05, 0) is 33.2 Å². The summed E-state index contributed by atoms with van der Waals surface area (Å²) in [5.74, 6) is 0. The molecule has 0 radical (unpaired) electrons. The zero-order valence-electron chi connectivity index (χ0n) is 10.6. The van der Waals surface area contributed by atoms with Crippen molar-refractivity contribution in [3.63, 3.8) is 0 Å². The summed E-state index contributed by atoms with van der Waals surface area (Å²) < 4.78 is 7.87. The van der Waals surface area contributed by atoms with Crippen LogP contribution in [0.15, 0.2) is 0 Å². The van der Waals surface area contributed by atoms with Crippen LogP contribution < -0.4 is 0 Å². The van der Waals surface area contributed by atoms with Crippen LogP contribution in [0.4, 0.5) is 0 Å². The van der Waals surface area contributed by atoms with Crippen LogP contribution in [-0.2, 0) is 0 Å². The van der Waals surface area contributed by atoms with Crippen LogP contribution in [-0.4, -0.2) is 66.3 Å². The lowest BCUT2D eigenvalue weighted by Crippen LogP contribution is -2.47. The Morgan fingerprint density at radius 2 is 1.00 bits per heavy atom. The van der Waals surface area contributed by atoms with Crippen molar-refractivity contribution in [2.24, 2.45) is 0 Å². The standard InChI is InChI=1S/C9H27N3Si2/c1-6-11(7-2)13-10(5)14-12(8-3)9-4/h6-9,13-14H2,1-5H3. The first-order valence-corrected chi connectivity index (χ1v) is 8.34. The SMILES string of the molecule is CCN(CC)[SiH2]N(C)[SiH2]N(CC)CC. The van der Waals surface area contributed by atoms with Crippen LogP contribution >= 0.6 is 0 Å². The fourth-order valence-electron chi connectivity index (χ4n) is 1.57. The minimum Gasteiger partial charge on any atom is -0.334 e. The Balaban J connectivity index is 3.77. The van der Waals surface area contributed by atoms with E-state index in [2.05, 4.69) is 48.1 Å². The number of hydrogen-bond donors (Lipinski definition) is 0. The molecule has 0 bridgehead atoms. The first kappa shape index (κ1) is 14.3. The second-order valence-corrected chi connectivity index (χ2v) is 9.15. The lowest BCUT2D eigenvalue weighted by molar-refractivity contribution is 0.440. The van der Waals surface area contributed by atoms with E-state index in [4.69, 9.17) is 0 Å². The molecule has 0 amide bonds. The smallest absolute Gasteiger partial charge is 0.166 e. The van der Waals surface area contributed by atoms with Gasteiger partial charge in [0.15, 0.2) is 19.7 Å². The Bertz CT molecular complexity index is 113. The topological polar surface area (TPSA) is 9.72 Å². The molecule has 0 rings (SSSR count). The fourth-order valence-corrected chi connectivity index (χ4v) is 5.80. The van der Waals surface area contributed by atoms with Crippen molar-refractivity contribution in [2.45, 2.75) is 27.7 Å². The van der Waals surface area contributed by atoms with Crippen molar-refractivity contribution >= 4 is 19.7 Å². The molecule has 0 fully saturated rings. The van der Waals surface area contributed by atoms with E-state index in [1.54, 1.807) is 0 Å². The highest BCUT2D eigenvalue weighted by atomic mass is 28.3. The highest BCUT2D eigenvalue weighted by molar-refractivity contribution is 6.46. The zero-order valence-corrected chi connectivity index (χ0v) is 13.4. The normalized spacial score (nSPS) is 13.7.